The van der Waals surface area contributed by atoms with Crippen LogP contribution < -0.4 is 9.47 Å². The van der Waals surface area contributed by atoms with Gasteiger partial charge in [-0.1, -0.05) is 31.5 Å². The van der Waals surface area contributed by atoms with Crippen LogP contribution in [0.15, 0.2) is 54.2 Å². The number of carbonyl (C=O) groups excluding carboxylic acids is 3. The summed E-state index contributed by atoms with van der Waals surface area (Å²) < 4.78 is 96.1. The van der Waals surface area contributed by atoms with Gasteiger partial charge in [0.1, 0.15) is 22.2 Å². The van der Waals surface area contributed by atoms with E-state index in [1.807, 2.05) is 6.07 Å². The molecule has 0 N–H and O–H groups in total. The molecule has 2 aromatic heterocycles. The predicted octanol–water partition coefficient (Wildman–Crippen LogP) is 9.02. The Kier molecular flexibility index (Phi) is 12.0. The Hall–Kier alpha value is -4.65. The van der Waals surface area contributed by atoms with Crippen LogP contribution in [-0.4, -0.2) is 70.3 Å². The number of amides is 2. The number of benzene rings is 1. The van der Waals surface area contributed by atoms with E-state index < -0.39 is 57.2 Å². The molecule has 0 radical (unpaired) electrons. The summed E-state index contributed by atoms with van der Waals surface area (Å²) in [5.41, 5.74) is -4.57. The van der Waals surface area contributed by atoms with Crippen molar-refractivity contribution in [2.24, 2.45) is 5.41 Å². The number of Topliss-reactive ketones (excluding diaryl/α,β-unsaturated/α-hetero) is 1. The quantitative estimate of drug-likeness (QED) is 0.125. The summed E-state index contributed by atoms with van der Waals surface area (Å²) in [6.45, 7) is 3.76. The molecule has 9 nitrogen and oxygen atoms in total. The predicted molar refractivity (Wildman–Crippen MR) is 198 cm³/mol. The maximum atomic E-state index is 15.0. The number of nitriles is 1. The monoisotopic (exact) mass is 818 g/mol. The number of ether oxygens (including phenoxy) is 2. The van der Waals surface area contributed by atoms with Crippen LogP contribution in [0.3, 0.4) is 0 Å². The molecule has 57 heavy (non-hydrogen) atoms. The third-order valence-electron chi connectivity index (χ3n) is 11.7. The summed E-state index contributed by atoms with van der Waals surface area (Å²) in [4.78, 5) is 46.6. The average Bonchev–Trinajstić information content (AvgIpc) is 3.84. The second-order valence-electron chi connectivity index (χ2n) is 15.2. The van der Waals surface area contributed by atoms with Gasteiger partial charge in [0.15, 0.2) is 0 Å². The van der Waals surface area contributed by atoms with Gasteiger partial charge in [0.25, 0.3) is 11.8 Å². The molecule has 3 aliphatic rings. The SMILES string of the molecule is CCC[C@H]1N(C(=O)c2cnccc2C(F)(F)F)CCC[C@@]1(Oc1csc(C(F)(F)F)c1)C(=O)N1CCC(C#N)(c2ccccc2OCCCC2(C(C)=O)CC2)CC1. The van der Waals surface area contributed by atoms with E-state index in [2.05, 4.69) is 11.1 Å². The zero-order chi connectivity index (χ0) is 41.2. The first-order valence-corrected chi connectivity index (χ1v) is 20.0. The smallest absolute Gasteiger partial charge is 0.425 e. The van der Waals surface area contributed by atoms with Crippen molar-refractivity contribution in [3.63, 3.8) is 0 Å². The number of halogens is 6. The molecule has 2 amide bonds. The summed E-state index contributed by atoms with van der Waals surface area (Å²) in [5, 5.41) is 11.8. The van der Waals surface area contributed by atoms with Gasteiger partial charge in [-0.25, -0.2) is 0 Å². The van der Waals surface area contributed by atoms with Gasteiger partial charge in [-0.2, -0.15) is 31.6 Å². The number of carbonyl (C=O) groups is 3. The van der Waals surface area contributed by atoms with E-state index in [1.165, 1.54) is 9.80 Å². The zero-order valence-corrected chi connectivity index (χ0v) is 32.5. The highest BCUT2D eigenvalue weighted by Gasteiger charge is 2.57. The molecule has 2 atom stereocenters. The standard InChI is InChI=1S/C41H44F6N4O5S/c1-3-8-33-39(56-28-23-34(57-25-28)41(45,46)47,13-6-19-51(33)35(53)29-24-49-18-11-30(29)40(42,43)44)36(54)50-20-16-38(26-48,17-21-50)31-9-4-5-10-32(31)55-22-7-12-37(14-15-37)27(2)52/h4-5,9-11,18,23-25,33H,3,6-8,12-17,19-22H2,1-2H3/t33-,39+/m1/s1. The number of hydrogen-bond acceptors (Lipinski definition) is 8. The van der Waals surface area contributed by atoms with Crippen molar-refractivity contribution < 1.29 is 50.2 Å². The first-order chi connectivity index (χ1) is 27.0. The number of para-hydroxylation sites is 1. The van der Waals surface area contributed by atoms with E-state index in [4.69, 9.17) is 9.47 Å². The maximum absolute atomic E-state index is 15.0. The Morgan fingerprint density at radius 3 is 2.33 bits per heavy atom. The number of hydrogen-bond donors (Lipinski definition) is 0. The van der Waals surface area contributed by atoms with Crippen LogP contribution in [0.1, 0.15) is 104 Å². The number of piperidine rings is 2. The number of aromatic nitrogens is 1. The molecular formula is C41H44F6N4O5S. The Morgan fingerprint density at radius 1 is 1.00 bits per heavy atom. The Labute approximate surface area is 330 Å². The highest BCUT2D eigenvalue weighted by Crippen LogP contribution is 2.50. The molecule has 1 saturated carbocycles. The van der Waals surface area contributed by atoms with Gasteiger partial charge in [0.05, 0.1) is 35.3 Å². The Balaban J connectivity index is 1.29. The fourth-order valence-corrected chi connectivity index (χ4v) is 9.09. The minimum atomic E-state index is -4.89. The van der Waals surface area contributed by atoms with E-state index in [1.54, 1.807) is 32.0 Å². The lowest BCUT2D eigenvalue weighted by molar-refractivity contribution is -0.160. The van der Waals surface area contributed by atoms with Crippen molar-refractivity contribution in [2.45, 2.75) is 107 Å². The second-order valence-corrected chi connectivity index (χ2v) is 16.1. The van der Waals surface area contributed by atoms with E-state index in [9.17, 15) is 41.2 Å². The molecule has 306 valence electrons. The first kappa shape index (κ1) is 42.0. The van der Waals surface area contributed by atoms with Crippen LogP contribution in [0.25, 0.3) is 0 Å². The molecule has 0 unspecified atom stereocenters. The highest BCUT2D eigenvalue weighted by molar-refractivity contribution is 7.10. The van der Waals surface area contributed by atoms with Crippen LogP contribution in [0, 0.1) is 16.7 Å². The fourth-order valence-electron chi connectivity index (χ4n) is 8.41. The van der Waals surface area contributed by atoms with Gasteiger partial charge >= 0.3 is 12.4 Å². The maximum Gasteiger partial charge on any atom is 0.425 e. The lowest BCUT2D eigenvalue weighted by atomic mass is 9.72. The minimum absolute atomic E-state index is 0.0296. The summed E-state index contributed by atoms with van der Waals surface area (Å²) in [6, 6.07) is 9.94. The van der Waals surface area contributed by atoms with Crippen LogP contribution in [0.5, 0.6) is 11.5 Å². The van der Waals surface area contributed by atoms with Gasteiger partial charge < -0.3 is 19.3 Å². The Morgan fingerprint density at radius 2 is 1.72 bits per heavy atom. The van der Waals surface area contributed by atoms with E-state index in [0.29, 0.717) is 54.6 Å². The second kappa shape index (κ2) is 16.3. The number of alkyl halides is 6. The number of pyridine rings is 1. The van der Waals surface area contributed by atoms with Crippen LogP contribution in [-0.2, 0) is 27.4 Å². The van der Waals surface area contributed by atoms with E-state index in [0.717, 1.165) is 36.7 Å². The number of thiophene rings is 1. The molecule has 0 bridgehead atoms. The zero-order valence-electron chi connectivity index (χ0n) is 31.7. The number of likely N-dealkylation sites (tertiary alicyclic amines) is 2. The van der Waals surface area contributed by atoms with Crippen molar-refractivity contribution in [3.05, 3.63) is 75.7 Å². The summed E-state index contributed by atoms with van der Waals surface area (Å²) >= 11 is 0.377. The molecule has 0 spiro atoms. The largest absolute Gasteiger partial charge is 0.493 e. The number of nitrogens with zero attached hydrogens (tertiary/aromatic N) is 4. The average molecular weight is 819 g/mol. The number of rotatable bonds is 13. The molecular weight excluding hydrogens is 775 g/mol. The van der Waals surface area contributed by atoms with E-state index in [-0.39, 0.29) is 68.7 Å². The molecule has 2 saturated heterocycles. The van der Waals surface area contributed by atoms with E-state index >= 15 is 4.79 Å². The van der Waals surface area contributed by atoms with Crippen molar-refractivity contribution >= 4 is 28.9 Å². The van der Waals surface area contributed by atoms with Crippen molar-refractivity contribution in [1.29, 1.82) is 5.26 Å². The first-order valence-electron chi connectivity index (χ1n) is 19.1. The van der Waals surface area contributed by atoms with Crippen LogP contribution in [0.2, 0.25) is 0 Å². The topological polar surface area (TPSA) is 113 Å². The third-order valence-corrected chi connectivity index (χ3v) is 12.7. The highest BCUT2D eigenvalue weighted by atomic mass is 32.1. The minimum Gasteiger partial charge on any atom is -0.493 e. The van der Waals surface area contributed by atoms with Gasteiger partial charge in [-0.3, -0.25) is 19.4 Å². The summed E-state index contributed by atoms with van der Waals surface area (Å²) in [6.07, 6.45) is -3.88. The molecule has 16 heteroatoms. The van der Waals surface area contributed by atoms with Gasteiger partial charge in [-0.05, 0) is 70.4 Å². The third kappa shape index (κ3) is 8.49. The molecule has 6 rings (SSSR count). The lowest BCUT2D eigenvalue weighted by Gasteiger charge is -2.51. The molecule has 4 heterocycles. The lowest BCUT2D eigenvalue weighted by Crippen LogP contribution is -2.68. The fraction of sp³-hybridized carbons (Fsp3) is 0.537. The molecule has 3 aromatic rings. The van der Waals surface area contributed by atoms with Crippen LogP contribution >= 0.6 is 11.3 Å². The molecule has 2 aliphatic heterocycles. The normalized spacial score (nSPS) is 21.7. The van der Waals surface area contributed by atoms with Crippen LogP contribution in [0.4, 0.5) is 26.3 Å². The van der Waals surface area contributed by atoms with Gasteiger partial charge in [0, 0.05) is 60.9 Å². The van der Waals surface area contributed by atoms with Crippen molar-refractivity contribution in [3.8, 4) is 17.6 Å². The van der Waals surface area contributed by atoms with Crippen molar-refractivity contribution in [2.75, 3.05) is 26.2 Å². The van der Waals surface area contributed by atoms with Gasteiger partial charge in [-0.15, -0.1) is 11.3 Å². The number of ketones is 1. The van der Waals surface area contributed by atoms with Crippen molar-refractivity contribution in [1.82, 2.24) is 14.8 Å². The summed E-state index contributed by atoms with van der Waals surface area (Å²) in [5.74, 6) is -1.21. The Bertz CT molecular complexity index is 2000. The van der Waals surface area contributed by atoms with Gasteiger partial charge in [0.2, 0.25) is 5.60 Å². The molecule has 1 aliphatic carbocycles. The molecule has 1 aromatic carbocycles. The molecule has 3 fully saturated rings. The summed E-state index contributed by atoms with van der Waals surface area (Å²) in [7, 11) is 0.